The number of aliphatic imine (C=N–C) groups is 1. The predicted octanol–water partition coefficient (Wildman–Crippen LogP) is 2.90. The third-order valence-electron chi connectivity index (χ3n) is 4.13. The molecule has 124 valence electrons. The smallest absolute Gasteiger partial charge is 0.295 e. The van der Waals surface area contributed by atoms with Crippen LogP contribution < -0.4 is 4.74 Å². The van der Waals surface area contributed by atoms with Crippen molar-refractivity contribution in [2.45, 2.75) is 27.2 Å². The minimum Gasteiger partial charge on any atom is -0.493 e. The topological polar surface area (TPSA) is 46.7 Å². The second kappa shape index (κ2) is 8.02. The molecule has 0 spiro atoms. The van der Waals surface area contributed by atoms with Crippen LogP contribution in [-0.2, 0) is 4.74 Å². The van der Waals surface area contributed by atoms with E-state index in [1.807, 2.05) is 49.9 Å². The zero-order valence-electron chi connectivity index (χ0n) is 14.5. The van der Waals surface area contributed by atoms with Gasteiger partial charge >= 0.3 is 0 Å². The van der Waals surface area contributed by atoms with E-state index in [4.69, 9.17) is 9.47 Å². The first-order valence-corrected chi connectivity index (χ1v) is 7.98. The van der Waals surface area contributed by atoms with Crippen molar-refractivity contribution >= 4 is 12.1 Å². The van der Waals surface area contributed by atoms with Gasteiger partial charge in [-0.3, -0.25) is 4.98 Å². The van der Waals surface area contributed by atoms with E-state index in [0.717, 1.165) is 36.9 Å². The van der Waals surface area contributed by atoms with Crippen molar-refractivity contribution in [3.63, 3.8) is 0 Å². The maximum Gasteiger partial charge on any atom is 0.295 e. The number of hydrogen-bond donors (Lipinski definition) is 0. The molecule has 1 aliphatic rings. The lowest BCUT2D eigenvalue weighted by Gasteiger charge is -2.40. The molecular formula is C18H26N3O2+. The first-order chi connectivity index (χ1) is 11.1. The second-order valence-electron chi connectivity index (χ2n) is 5.95. The average Bonchev–Trinajstić information content (AvgIpc) is 2.52. The van der Waals surface area contributed by atoms with Crippen molar-refractivity contribution in [1.29, 1.82) is 0 Å². The lowest BCUT2D eigenvalue weighted by atomic mass is 9.84. The van der Waals surface area contributed by atoms with Crippen LogP contribution in [0, 0.1) is 5.41 Å². The summed E-state index contributed by atoms with van der Waals surface area (Å²) in [5.41, 5.74) is 0.961. The van der Waals surface area contributed by atoms with Gasteiger partial charge < -0.3 is 9.47 Å². The average molecular weight is 316 g/mol. The fraction of sp³-hybridized carbons (Fsp3) is 0.500. The van der Waals surface area contributed by atoms with E-state index in [1.54, 1.807) is 12.4 Å². The van der Waals surface area contributed by atoms with Gasteiger partial charge in [-0.1, -0.05) is 11.9 Å². The largest absolute Gasteiger partial charge is 0.493 e. The molecule has 0 aliphatic carbocycles. The van der Waals surface area contributed by atoms with Crippen molar-refractivity contribution in [2.24, 2.45) is 10.4 Å². The standard InChI is InChI=1S/C18H26N3O2/c1-5-9-21(4)15(3)20-11-16-10-17(7-8-19-16)23-14-18(6-2)12-22-13-18/h5,7-11H,6,12-14H2,1-4H3/q+1. The second-order valence-corrected chi connectivity index (χ2v) is 5.95. The Morgan fingerprint density at radius 2 is 2.30 bits per heavy atom. The number of nitrogens with zero attached hydrogens (tertiary/aromatic N) is 3. The van der Waals surface area contributed by atoms with Gasteiger partial charge in [0.05, 0.1) is 38.5 Å². The highest BCUT2D eigenvalue weighted by Crippen LogP contribution is 2.31. The number of amidine groups is 1. The first kappa shape index (κ1) is 17.3. The summed E-state index contributed by atoms with van der Waals surface area (Å²) in [5, 5.41) is 0. The summed E-state index contributed by atoms with van der Waals surface area (Å²) in [4.78, 5) is 8.75. The molecule has 0 radical (unpaired) electrons. The molecule has 5 heteroatoms. The monoisotopic (exact) mass is 316 g/mol. The van der Waals surface area contributed by atoms with Crippen LogP contribution in [0.25, 0.3) is 0 Å². The van der Waals surface area contributed by atoms with Crippen molar-refractivity contribution in [3.8, 4) is 5.75 Å². The molecule has 0 aromatic carbocycles. The highest BCUT2D eigenvalue weighted by atomic mass is 16.5. The Balaban J connectivity index is 2.01. The maximum atomic E-state index is 5.93. The Morgan fingerprint density at radius 3 is 2.91 bits per heavy atom. The van der Waals surface area contributed by atoms with E-state index < -0.39 is 0 Å². The zero-order chi connectivity index (χ0) is 16.7. The van der Waals surface area contributed by atoms with Crippen molar-refractivity contribution in [1.82, 2.24) is 4.98 Å². The molecule has 0 saturated carbocycles. The zero-order valence-corrected chi connectivity index (χ0v) is 14.5. The molecule has 0 unspecified atom stereocenters. The number of ether oxygens (including phenoxy) is 2. The molecule has 1 saturated heterocycles. The van der Waals surface area contributed by atoms with E-state index in [-0.39, 0.29) is 5.41 Å². The van der Waals surface area contributed by atoms with Crippen LogP contribution in [0.15, 0.2) is 35.6 Å². The van der Waals surface area contributed by atoms with Gasteiger partial charge in [-0.15, -0.1) is 0 Å². The van der Waals surface area contributed by atoms with Crippen LogP contribution >= 0.6 is 0 Å². The molecule has 1 aromatic rings. The van der Waals surface area contributed by atoms with Gasteiger partial charge in [-0.2, -0.15) is 0 Å². The Labute approximate surface area is 138 Å². The van der Waals surface area contributed by atoms with Gasteiger partial charge in [0.2, 0.25) is 0 Å². The summed E-state index contributed by atoms with van der Waals surface area (Å²) in [7, 11) is 1.96. The molecule has 1 aromatic heterocycles. The molecule has 0 atom stereocenters. The SMILES string of the molecule is CC=C[N+](C)=C(C)N=Cc1cc(OCC2(CC)COC2)ccn1. The molecule has 5 nitrogen and oxygen atoms in total. The minimum absolute atomic E-state index is 0.178. The molecule has 1 aliphatic heterocycles. The van der Waals surface area contributed by atoms with E-state index in [2.05, 4.69) is 16.9 Å². The molecule has 2 heterocycles. The van der Waals surface area contributed by atoms with E-state index in [0.29, 0.717) is 6.61 Å². The van der Waals surface area contributed by atoms with Gasteiger partial charge in [0.25, 0.3) is 5.84 Å². The third kappa shape index (κ3) is 4.73. The number of pyridine rings is 1. The van der Waals surface area contributed by atoms with Crippen molar-refractivity contribution in [2.75, 3.05) is 26.9 Å². The third-order valence-corrected chi connectivity index (χ3v) is 4.13. The number of rotatable bonds is 6. The quantitative estimate of drug-likeness (QED) is 0.460. The van der Waals surface area contributed by atoms with Crippen LogP contribution in [-0.4, -0.2) is 48.5 Å². The van der Waals surface area contributed by atoms with Crippen LogP contribution in [0.4, 0.5) is 0 Å². The van der Waals surface area contributed by atoms with Gasteiger partial charge in [-0.05, 0) is 25.5 Å². The lowest BCUT2D eigenvalue weighted by molar-refractivity contribution is -0.423. The lowest BCUT2D eigenvalue weighted by Crippen LogP contribution is -2.46. The van der Waals surface area contributed by atoms with Crippen LogP contribution in [0.3, 0.4) is 0 Å². The maximum absolute atomic E-state index is 5.93. The molecule has 0 N–H and O–H groups in total. The molecule has 1 fully saturated rings. The normalized spacial score (nSPS) is 18.1. The molecular weight excluding hydrogens is 290 g/mol. The predicted molar refractivity (Wildman–Crippen MR) is 92.5 cm³/mol. The first-order valence-electron chi connectivity index (χ1n) is 7.98. The minimum atomic E-state index is 0.178. The molecule has 0 amide bonds. The summed E-state index contributed by atoms with van der Waals surface area (Å²) in [6.07, 6.45) is 8.50. The molecule has 23 heavy (non-hydrogen) atoms. The summed E-state index contributed by atoms with van der Waals surface area (Å²) in [6, 6.07) is 3.79. The van der Waals surface area contributed by atoms with Crippen LogP contribution in [0.5, 0.6) is 5.75 Å². The Kier molecular flexibility index (Phi) is 6.04. The Bertz CT molecular complexity index is 611. The Hall–Kier alpha value is -2.01. The van der Waals surface area contributed by atoms with Crippen LogP contribution in [0.1, 0.15) is 32.9 Å². The number of allylic oxidation sites excluding steroid dienone is 1. The van der Waals surface area contributed by atoms with Crippen molar-refractivity contribution < 1.29 is 14.0 Å². The summed E-state index contributed by atoms with van der Waals surface area (Å²) in [5.74, 6) is 1.72. The summed E-state index contributed by atoms with van der Waals surface area (Å²) < 4.78 is 13.2. The fourth-order valence-corrected chi connectivity index (χ4v) is 2.19. The highest BCUT2D eigenvalue weighted by Gasteiger charge is 2.37. The van der Waals surface area contributed by atoms with Crippen LogP contribution in [0.2, 0.25) is 0 Å². The summed E-state index contributed by atoms with van der Waals surface area (Å²) in [6.45, 7) is 8.36. The highest BCUT2D eigenvalue weighted by molar-refractivity contribution is 5.90. The van der Waals surface area contributed by atoms with Gasteiger partial charge in [0, 0.05) is 19.2 Å². The summed E-state index contributed by atoms with van der Waals surface area (Å²) >= 11 is 0. The fourth-order valence-electron chi connectivity index (χ4n) is 2.19. The molecule has 0 bridgehead atoms. The van der Waals surface area contributed by atoms with E-state index in [1.165, 1.54) is 0 Å². The molecule has 2 rings (SSSR count). The number of aromatic nitrogens is 1. The van der Waals surface area contributed by atoms with E-state index in [9.17, 15) is 0 Å². The number of hydrogen-bond acceptors (Lipinski definition) is 3. The van der Waals surface area contributed by atoms with E-state index >= 15 is 0 Å². The Morgan fingerprint density at radius 1 is 1.52 bits per heavy atom. The van der Waals surface area contributed by atoms with Gasteiger partial charge in [0.15, 0.2) is 6.21 Å². The van der Waals surface area contributed by atoms with Gasteiger partial charge in [0.1, 0.15) is 11.4 Å². The van der Waals surface area contributed by atoms with Crippen molar-refractivity contribution in [3.05, 3.63) is 36.3 Å². The van der Waals surface area contributed by atoms with Gasteiger partial charge in [-0.25, -0.2) is 4.58 Å².